The predicted octanol–water partition coefficient (Wildman–Crippen LogP) is 7.35. The van der Waals surface area contributed by atoms with Crippen LogP contribution < -0.4 is 0 Å². The monoisotopic (exact) mass is 654 g/mol. The van der Waals surface area contributed by atoms with E-state index in [4.69, 9.17) is 0 Å². The Morgan fingerprint density at radius 2 is 0.604 bits per heavy atom. The SMILES string of the molecule is Cc1cc(Cc2cc(Cc3cc(C)c(O)c(C)c3)c(O)c(O)c2O)cc(C)c1O.Cc1cc(Cc2ccc(O)c(O)c2O)cc(C)c1O. The highest BCUT2D eigenvalue weighted by atomic mass is 16.3. The number of aromatic hydroxyl groups is 9. The van der Waals surface area contributed by atoms with Crippen LogP contribution in [0.3, 0.4) is 0 Å². The van der Waals surface area contributed by atoms with Crippen molar-refractivity contribution in [2.45, 2.75) is 60.8 Å². The Morgan fingerprint density at radius 3 is 0.938 bits per heavy atom. The lowest BCUT2D eigenvalue weighted by Crippen LogP contribution is -1.97. The highest BCUT2D eigenvalue weighted by Crippen LogP contribution is 2.43. The van der Waals surface area contributed by atoms with Gasteiger partial charge in [-0.1, -0.05) is 42.5 Å². The Balaban J connectivity index is 0.000000237. The summed E-state index contributed by atoms with van der Waals surface area (Å²) in [5.74, 6) is -1.68. The van der Waals surface area contributed by atoms with Gasteiger partial charge < -0.3 is 46.0 Å². The van der Waals surface area contributed by atoms with Crippen LogP contribution in [-0.4, -0.2) is 46.0 Å². The fourth-order valence-corrected chi connectivity index (χ4v) is 5.89. The van der Waals surface area contributed by atoms with Gasteiger partial charge in [0.05, 0.1) is 0 Å². The molecule has 9 N–H and O–H groups in total. The van der Waals surface area contributed by atoms with Crippen LogP contribution >= 0.6 is 0 Å². The number of rotatable bonds is 6. The Morgan fingerprint density at radius 1 is 0.312 bits per heavy atom. The van der Waals surface area contributed by atoms with E-state index in [1.807, 2.05) is 36.4 Å². The van der Waals surface area contributed by atoms with E-state index in [1.54, 1.807) is 53.7 Å². The standard InChI is InChI=1S/C24H26O5.C15H16O4/c1-12-5-16(6-13(2)20(12)25)9-18-11-19(23(28)24(29)22(18)27)10-17-7-14(3)21(26)15(4)8-17;1-8-5-10(6-9(2)13(8)17)7-11-3-4-12(16)15(19)14(11)18/h5-8,11,25-29H,9-10H2,1-4H3;3-6,16-19H,7H2,1-2H3. The highest BCUT2D eigenvalue weighted by Gasteiger charge is 2.19. The molecule has 0 saturated heterocycles. The second-order valence-electron chi connectivity index (χ2n) is 12.4. The second kappa shape index (κ2) is 14.0. The van der Waals surface area contributed by atoms with Crippen molar-refractivity contribution in [2.75, 3.05) is 0 Å². The molecule has 0 bridgehead atoms. The third kappa shape index (κ3) is 7.47. The van der Waals surface area contributed by atoms with Crippen LogP contribution in [0, 0.1) is 41.5 Å². The normalized spacial score (nSPS) is 10.9. The van der Waals surface area contributed by atoms with Gasteiger partial charge >= 0.3 is 0 Å². The summed E-state index contributed by atoms with van der Waals surface area (Å²) in [6.45, 7) is 10.8. The third-order valence-electron chi connectivity index (χ3n) is 8.46. The van der Waals surface area contributed by atoms with Gasteiger partial charge in [0.1, 0.15) is 17.2 Å². The first kappa shape index (κ1) is 35.2. The Hall–Kier alpha value is -5.70. The predicted molar refractivity (Wildman–Crippen MR) is 184 cm³/mol. The molecule has 9 heteroatoms. The van der Waals surface area contributed by atoms with E-state index in [0.717, 1.165) is 50.1 Å². The summed E-state index contributed by atoms with van der Waals surface area (Å²) >= 11 is 0. The van der Waals surface area contributed by atoms with Crippen molar-refractivity contribution >= 4 is 0 Å². The molecule has 0 spiro atoms. The van der Waals surface area contributed by atoms with Crippen LogP contribution in [0.4, 0.5) is 0 Å². The van der Waals surface area contributed by atoms with Gasteiger partial charge in [0.2, 0.25) is 11.5 Å². The average Bonchev–Trinajstić information content (AvgIpc) is 3.03. The summed E-state index contributed by atoms with van der Waals surface area (Å²) in [7, 11) is 0. The molecule has 0 aromatic heterocycles. The van der Waals surface area contributed by atoms with Gasteiger partial charge in [-0.05, 0) is 104 Å². The molecule has 0 saturated carbocycles. The second-order valence-corrected chi connectivity index (χ2v) is 12.4. The van der Waals surface area contributed by atoms with E-state index in [0.29, 0.717) is 36.0 Å². The van der Waals surface area contributed by atoms with Crippen LogP contribution in [0.15, 0.2) is 54.6 Å². The molecule has 0 aliphatic carbocycles. The molecule has 48 heavy (non-hydrogen) atoms. The minimum absolute atomic E-state index is 0.241. The van der Waals surface area contributed by atoms with Crippen molar-refractivity contribution in [1.29, 1.82) is 0 Å². The Labute approximate surface area is 279 Å². The first-order chi connectivity index (χ1) is 22.5. The molecule has 0 fully saturated rings. The zero-order chi connectivity index (χ0) is 35.6. The van der Waals surface area contributed by atoms with Crippen LogP contribution in [0.2, 0.25) is 0 Å². The van der Waals surface area contributed by atoms with Crippen molar-refractivity contribution in [3.05, 3.63) is 121 Å². The van der Waals surface area contributed by atoms with E-state index < -0.39 is 11.5 Å². The molecule has 0 heterocycles. The van der Waals surface area contributed by atoms with Crippen molar-refractivity contribution in [2.24, 2.45) is 0 Å². The van der Waals surface area contributed by atoms with Gasteiger partial charge in [-0.3, -0.25) is 0 Å². The summed E-state index contributed by atoms with van der Waals surface area (Å²) in [6, 6.07) is 15.6. The first-order valence-corrected chi connectivity index (χ1v) is 15.3. The maximum atomic E-state index is 10.4. The molecule has 0 radical (unpaired) electrons. The number of benzene rings is 5. The summed E-state index contributed by atoms with van der Waals surface area (Å²) in [5.41, 5.74) is 8.59. The molecule has 5 aromatic carbocycles. The van der Waals surface area contributed by atoms with Gasteiger partial charge in [0.15, 0.2) is 23.0 Å². The molecule has 9 nitrogen and oxygen atoms in total. The van der Waals surface area contributed by atoms with Gasteiger partial charge in [-0.15, -0.1) is 0 Å². The minimum atomic E-state index is -0.544. The van der Waals surface area contributed by atoms with Gasteiger partial charge in [0, 0.05) is 36.0 Å². The van der Waals surface area contributed by atoms with Crippen LogP contribution in [-0.2, 0) is 19.3 Å². The average molecular weight is 655 g/mol. The maximum absolute atomic E-state index is 10.4. The smallest absolute Gasteiger partial charge is 0.200 e. The number of phenolic OH excluding ortho intramolecular Hbond substituents is 9. The number of aryl methyl sites for hydroxylation is 6. The molecule has 0 aliphatic heterocycles. The zero-order valence-electron chi connectivity index (χ0n) is 27.8. The first-order valence-electron chi connectivity index (χ1n) is 15.3. The summed E-state index contributed by atoms with van der Waals surface area (Å²) in [5, 5.41) is 89.1. The van der Waals surface area contributed by atoms with Crippen LogP contribution in [0.25, 0.3) is 0 Å². The molecule has 252 valence electrons. The van der Waals surface area contributed by atoms with E-state index >= 15 is 0 Å². The fraction of sp³-hybridized carbons (Fsp3) is 0.231. The number of hydrogen-bond acceptors (Lipinski definition) is 9. The molecular weight excluding hydrogens is 612 g/mol. The third-order valence-corrected chi connectivity index (χ3v) is 8.46. The van der Waals surface area contributed by atoms with Crippen molar-refractivity contribution < 1.29 is 46.0 Å². The molecule has 0 amide bonds. The quantitative estimate of drug-likeness (QED) is 0.0846. The van der Waals surface area contributed by atoms with Crippen LogP contribution in [0.1, 0.15) is 66.8 Å². The molecular formula is C39H42O9. The fourth-order valence-electron chi connectivity index (χ4n) is 5.89. The summed E-state index contributed by atoms with van der Waals surface area (Å²) in [4.78, 5) is 0. The van der Waals surface area contributed by atoms with Gasteiger partial charge in [-0.25, -0.2) is 0 Å². The van der Waals surface area contributed by atoms with Gasteiger partial charge in [-0.2, -0.15) is 0 Å². The highest BCUT2D eigenvalue weighted by molar-refractivity contribution is 5.60. The molecule has 0 atom stereocenters. The number of phenols is 9. The van der Waals surface area contributed by atoms with E-state index in [2.05, 4.69) is 0 Å². The van der Waals surface area contributed by atoms with Crippen molar-refractivity contribution in [3.63, 3.8) is 0 Å². The van der Waals surface area contributed by atoms with E-state index in [9.17, 15) is 46.0 Å². The topological polar surface area (TPSA) is 182 Å². The summed E-state index contributed by atoms with van der Waals surface area (Å²) < 4.78 is 0. The lowest BCUT2D eigenvalue weighted by molar-refractivity contribution is 0.363. The van der Waals surface area contributed by atoms with Crippen molar-refractivity contribution in [1.82, 2.24) is 0 Å². The Bertz CT molecular complexity index is 1860. The summed E-state index contributed by atoms with van der Waals surface area (Å²) in [6.07, 6.45) is 1.08. The lowest BCUT2D eigenvalue weighted by atomic mass is 9.94. The van der Waals surface area contributed by atoms with Crippen LogP contribution in [0.5, 0.6) is 51.7 Å². The molecule has 5 aromatic rings. The molecule has 0 unspecified atom stereocenters. The van der Waals surface area contributed by atoms with Crippen molar-refractivity contribution in [3.8, 4) is 51.7 Å². The zero-order valence-corrected chi connectivity index (χ0v) is 27.8. The number of hydrogen-bond donors (Lipinski definition) is 9. The van der Waals surface area contributed by atoms with E-state index in [1.165, 1.54) is 6.07 Å². The van der Waals surface area contributed by atoms with E-state index in [-0.39, 0.29) is 40.2 Å². The van der Waals surface area contributed by atoms with Gasteiger partial charge in [0.25, 0.3) is 0 Å². The Kier molecular flexibility index (Phi) is 10.2. The largest absolute Gasteiger partial charge is 0.507 e. The maximum Gasteiger partial charge on any atom is 0.200 e. The molecule has 5 rings (SSSR count). The molecule has 0 aliphatic rings. The lowest BCUT2D eigenvalue weighted by Gasteiger charge is -2.15. The minimum Gasteiger partial charge on any atom is -0.507 e.